The zero-order valence-electron chi connectivity index (χ0n) is 10.6. The Morgan fingerprint density at radius 2 is 2.32 bits per heavy atom. The van der Waals surface area contributed by atoms with Crippen LogP contribution in [-0.2, 0) is 0 Å². The zero-order valence-corrected chi connectivity index (χ0v) is 10.6. The summed E-state index contributed by atoms with van der Waals surface area (Å²) in [7, 11) is 0. The molecule has 0 aliphatic rings. The molecule has 0 bridgehead atoms. The molecule has 1 atom stereocenters. The van der Waals surface area contributed by atoms with Gasteiger partial charge in [-0.1, -0.05) is 6.08 Å². The van der Waals surface area contributed by atoms with E-state index >= 15 is 0 Å². The Labute approximate surface area is 111 Å². The van der Waals surface area contributed by atoms with Crippen molar-refractivity contribution < 1.29 is 0 Å². The molecule has 96 valence electrons. The molecular weight excluding hydrogens is 240 g/mol. The third-order valence-corrected chi connectivity index (χ3v) is 2.61. The second kappa shape index (κ2) is 5.89. The van der Waals surface area contributed by atoms with Gasteiger partial charge in [0.25, 0.3) is 0 Å². The molecule has 0 saturated heterocycles. The lowest BCUT2D eigenvalue weighted by atomic mass is 10.2. The molecule has 0 aromatic carbocycles. The van der Waals surface area contributed by atoms with Crippen LogP contribution in [0, 0.1) is 11.3 Å². The maximum Gasteiger partial charge on any atom is 0.176 e. The number of aromatic nitrogens is 4. The van der Waals surface area contributed by atoms with Gasteiger partial charge in [-0.2, -0.15) is 10.4 Å². The van der Waals surface area contributed by atoms with Gasteiger partial charge in [0.05, 0.1) is 24.0 Å². The Morgan fingerprint density at radius 3 is 3.00 bits per heavy atom. The Hall–Kier alpha value is -2.52. The number of nitrogens with one attached hydrogen (secondary N) is 1. The number of hydrogen-bond donors (Lipinski definition) is 1. The molecule has 1 unspecified atom stereocenters. The summed E-state index contributed by atoms with van der Waals surface area (Å²) in [6, 6.07) is 2.05. The van der Waals surface area contributed by atoms with Crippen molar-refractivity contribution in [1.29, 1.82) is 5.26 Å². The number of hydrogen-bond acceptors (Lipinski definition) is 5. The third kappa shape index (κ3) is 2.84. The van der Waals surface area contributed by atoms with Crippen LogP contribution in [0.3, 0.4) is 0 Å². The monoisotopic (exact) mass is 254 g/mol. The fourth-order valence-electron chi connectivity index (χ4n) is 1.68. The molecule has 0 saturated carbocycles. The lowest BCUT2D eigenvalue weighted by molar-refractivity contribution is 0.590. The van der Waals surface area contributed by atoms with Crippen molar-refractivity contribution in [3.8, 4) is 11.9 Å². The van der Waals surface area contributed by atoms with Gasteiger partial charge in [-0.3, -0.25) is 4.98 Å². The van der Waals surface area contributed by atoms with Crippen LogP contribution in [-0.4, -0.2) is 26.3 Å². The summed E-state index contributed by atoms with van der Waals surface area (Å²) in [6.07, 6.45) is 8.16. The highest BCUT2D eigenvalue weighted by atomic mass is 15.3. The second-order valence-electron chi connectivity index (χ2n) is 3.97. The van der Waals surface area contributed by atoms with E-state index in [4.69, 9.17) is 5.26 Å². The van der Waals surface area contributed by atoms with E-state index in [-0.39, 0.29) is 6.04 Å². The summed E-state index contributed by atoms with van der Waals surface area (Å²) in [6.45, 7) is 6.34. The molecule has 2 aromatic rings. The van der Waals surface area contributed by atoms with Gasteiger partial charge in [-0.25, -0.2) is 9.67 Å². The molecule has 0 spiro atoms. The first kappa shape index (κ1) is 12.9. The largest absolute Gasteiger partial charge is 0.305 e. The summed E-state index contributed by atoms with van der Waals surface area (Å²) in [5.74, 6) is 0.619. The molecular formula is C13H14N6. The van der Waals surface area contributed by atoms with Crippen LogP contribution in [0.2, 0.25) is 0 Å². The molecule has 6 heteroatoms. The predicted octanol–water partition coefficient (Wildman–Crippen LogP) is 1.37. The van der Waals surface area contributed by atoms with E-state index in [0.717, 1.165) is 5.69 Å². The highest BCUT2D eigenvalue weighted by Gasteiger charge is 2.14. The van der Waals surface area contributed by atoms with E-state index in [1.807, 2.05) is 13.0 Å². The smallest absolute Gasteiger partial charge is 0.176 e. The van der Waals surface area contributed by atoms with Crippen molar-refractivity contribution in [1.82, 2.24) is 25.1 Å². The molecule has 19 heavy (non-hydrogen) atoms. The van der Waals surface area contributed by atoms with E-state index < -0.39 is 0 Å². The zero-order chi connectivity index (χ0) is 13.7. The van der Waals surface area contributed by atoms with Crippen LogP contribution >= 0.6 is 0 Å². The van der Waals surface area contributed by atoms with Crippen molar-refractivity contribution in [3.63, 3.8) is 0 Å². The molecule has 0 aliphatic heterocycles. The van der Waals surface area contributed by atoms with Crippen LogP contribution in [0.25, 0.3) is 5.82 Å². The van der Waals surface area contributed by atoms with E-state index in [1.165, 1.54) is 6.20 Å². The lowest BCUT2D eigenvalue weighted by Gasteiger charge is -2.14. The van der Waals surface area contributed by atoms with Gasteiger partial charge in [0, 0.05) is 18.9 Å². The van der Waals surface area contributed by atoms with Crippen molar-refractivity contribution in [2.75, 3.05) is 6.54 Å². The van der Waals surface area contributed by atoms with Gasteiger partial charge in [-0.15, -0.1) is 6.58 Å². The summed E-state index contributed by atoms with van der Waals surface area (Å²) < 4.78 is 1.56. The Balaban J connectivity index is 2.35. The topological polar surface area (TPSA) is 79.4 Å². The maximum atomic E-state index is 8.83. The first-order chi connectivity index (χ1) is 9.26. The van der Waals surface area contributed by atoms with E-state index in [1.54, 1.807) is 29.3 Å². The summed E-state index contributed by atoms with van der Waals surface area (Å²) in [5.41, 5.74) is 1.26. The highest BCUT2D eigenvalue weighted by molar-refractivity contribution is 5.32. The molecule has 6 nitrogen and oxygen atoms in total. The Kier molecular flexibility index (Phi) is 4.00. The summed E-state index contributed by atoms with van der Waals surface area (Å²) in [5, 5.41) is 16.2. The molecule has 2 heterocycles. The molecule has 0 radical (unpaired) electrons. The van der Waals surface area contributed by atoms with Crippen LogP contribution in [0.5, 0.6) is 0 Å². The van der Waals surface area contributed by atoms with Crippen LogP contribution in [0.1, 0.15) is 24.2 Å². The Morgan fingerprint density at radius 1 is 1.53 bits per heavy atom. The first-order valence-corrected chi connectivity index (χ1v) is 5.86. The van der Waals surface area contributed by atoms with Crippen molar-refractivity contribution in [3.05, 3.63) is 48.7 Å². The van der Waals surface area contributed by atoms with Crippen molar-refractivity contribution in [2.45, 2.75) is 13.0 Å². The van der Waals surface area contributed by atoms with Gasteiger partial charge in [0.15, 0.2) is 5.82 Å². The molecule has 2 aromatic heterocycles. The quantitative estimate of drug-likeness (QED) is 0.815. The van der Waals surface area contributed by atoms with Crippen molar-refractivity contribution in [2.24, 2.45) is 0 Å². The van der Waals surface area contributed by atoms with Gasteiger partial charge in [-0.05, 0) is 6.92 Å². The molecule has 2 rings (SSSR count). The van der Waals surface area contributed by atoms with Gasteiger partial charge in [0.2, 0.25) is 0 Å². The fourth-order valence-corrected chi connectivity index (χ4v) is 1.68. The minimum atomic E-state index is 0.0106. The number of nitrogens with zero attached hydrogens (tertiary/aromatic N) is 5. The maximum absolute atomic E-state index is 8.83. The van der Waals surface area contributed by atoms with E-state index in [9.17, 15) is 0 Å². The average molecular weight is 254 g/mol. The van der Waals surface area contributed by atoms with Crippen molar-refractivity contribution >= 4 is 0 Å². The average Bonchev–Trinajstić information content (AvgIpc) is 2.93. The van der Waals surface area contributed by atoms with Crippen LogP contribution in [0.15, 0.2) is 37.4 Å². The lowest BCUT2D eigenvalue weighted by Crippen LogP contribution is -2.21. The van der Waals surface area contributed by atoms with E-state index in [2.05, 4.69) is 27.0 Å². The molecule has 1 N–H and O–H groups in total. The second-order valence-corrected chi connectivity index (χ2v) is 3.97. The standard InChI is InChI=1S/C13H14N6/c1-3-4-15-10(2)12-13(17-6-5-16-12)19-9-11(7-14)8-18-19/h3,5-6,8-10,15H,1,4H2,2H3. The summed E-state index contributed by atoms with van der Waals surface area (Å²) >= 11 is 0. The highest BCUT2D eigenvalue weighted by Crippen LogP contribution is 2.16. The van der Waals surface area contributed by atoms with Crippen LogP contribution in [0.4, 0.5) is 0 Å². The SMILES string of the molecule is C=CCNC(C)c1nccnc1-n1cc(C#N)cn1. The fraction of sp³-hybridized carbons (Fsp3) is 0.231. The predicted molar refractivity (Wildman–Crippen MR) is 70.5 cm³/mol. The van der Waals surface area contributed by atoms with E-state index in [0.29, 0.717) is 17.9 Å². The minimum absolute atomic E-state index is 0.0106. The van der Waals surface area contributed by atoms with Gasteiger partial charge in [0.1, 0.15) is 11.8 Å². The van der Waals surface area contributed by atoms with Gasteiger partial charge < -0.3 is 5.32 Å². The minimum Gasteiger partial charge on any atom is -0.305 e. The van der Waals surface area contributed by atoms with Gasteiger partial charge >= 0.3 is 0 Å². The molecule has 0 fully saturated rings. The summed E-state index contributed by atoms with van der Waals surface area (Å²) in [4.78, 5) is 8.63. The Bertz CT molecular complexity index is 610. The van der Waals surface area contributed by atoms with Crippen LogP contribution < -0.4 is 5.32 Å². The first-order valence-electron chi connectivity index (χ1n) is 5.86. The number of nitriles is 1. The molecule has 0 aliphatic carbocycles. The normalized spacial score (nSPS) is 11.8. The molecule has 0 amide bonds. The number of rotatable bonds is 5. The third-order valence-electron chi connectivity index (χ3n) is 2.61.